The summed E-state index contributed by atoms with van der Waals surface area (Å²) in [5, 5.41) is 4.45. The highest BCUT2D eigenvalue weighted by Crippen LogP contribution is 2.10. The maximum absolute atomic E-state index is 11.9. The van der Waals surface area contributed by atoms with Crippen molar-refractivity contribution in [3.8, 4) is 0 Å². The van der Waals surface area contributed by atoms with Gasteiger partial charge in [-0.2, -0.15) is 0 Å². The number of hydrogen-bond acceptors (Lipinski definition) is 4. The fourth-order valence-corrected chi connectivity index (χ4v) is 2.53. The van der Waals surface area contributed by atoms with E-state index in [1.807, 2.05) is 0 Å². The summed E-state index contributed by atoms with van der Waals surface area (Å²) in [4.78, 5) is 23.6. The number of benzene rings is 1. The van der Waals surface area contributed by atoms with Crippen molar-refractivity contribution in [3.05, 3.63) is 50.6 Å². The molecule has 0 saturated carbocycles. The molecule has 0 bridgehead atoms. The van der Waals surface area contributed by atoms with Crippen LogP contribution in [-0.4, -0.2) is 15.5 Å². The summed E-state index contributed by atoms with van der Waals surface area (Å²) in [6, 6.07) is 6.91. The number of nitrogens with two attached hydrogens (primary N) is 1. The summed E-state index contributed by atoms with van der Waals surface area (Å²) in [6.45, 7) is 1.80. The molecular weight excluding hydrogens is 294 g/mol. The summed E-state index contributed by atoms with van der Waals surface area (Å²) >= 11 is 5.94. The van der Waals surface area contributed by atoms with Gasteiger partial charge in [0.05, 0.1) is 0 Å². The van der Waals surface area contributed by atoms with Gasteiger partial charge in [-0.05, 0) is 31.2 Å². The Morgan fingerprint density at radius 2 is 2.05 bits per heavy atom. The van der Waals surface area contributed by atoms with E-state index in [2.05, 4.69) is 5.32 Å². The number of rotatable bonds is 4. The molecule has 20 heavy (non-hydrogen) atoms. The Kier molecular flexibility index (Phi) is 4.31. The van der Waals surface area contributed by atoms with Crippen LogP contribution in [0.3, 0.4) is 0 Å². The van der Waals surface area contributed by atoms with Gasteiger partial charge in [-0.15, -0.1) is 0 Å². The molecule has 7 heteroatoms. The van der Waals surface area contributed by atoms with Gasteiger partial charge in [0, 0.05) is 22.3 Å². The highest BCUT2D eigenvalue weighted by molar-refractivity contribution is 7.80. The molecule has 0 aliphatic carbocycles. The van der Waals surface area contributed by atoms with Gasteiger partial charge in [0.1, 0.15) is 11.5 Å². The minimum atomic E-state index is -0.253. The number of thiazole rings is 1. The van der Waals surface area contributed by atoms with Gasteiger partial charge >= 0.3 is 4.87 Å². The molecule has 0 spiro atoms. The van der Waals surface area contributed by atoms with Crippen molar-refractivity contribution in [1.82, 2.24) is 4.57 Å². The van der Waals surface area contributed by atoms with Crippen LogP contribution < -0.4 is 15.9 Å². The van der Waals surface area contributed by atoms with Crippen LogP contribution in [0.4, 0.5) is 5.69 Å². The minimum Gasteiger partial charge on any atom is -0.389 e. The van der Waals surface area contributed by atoms with E-state index in [0.29, 0.717) is 10.7 Å². The molecule has 0 fully saturated rings. The fourth-order valence-electron chi connectivity index (χ4n) is 1.66. The van der Waals surface area contributed by atoms with Crippen molar-refractivity contribution >= 4 is 40.1 Å². The predicted molar refractivity (Wildman–Crippen MR) is 84.3 cm³/mol. The zero-order valence-electron chi connectivity index (χ0n) is 10.8. The third kappa shape index (κ3) is 3.31. The topological polar surface area (TPSA) is 77.1 Å². The molecule has 5 nitrogen and oxygen atoms in total. The molecule has 104 valence electrons. The number of thiocarbonyl (C=S) groups is 1. The van der Waals surface area contributed by atoms with E-state index in [-0.39, 0.29) is 17.3 Å². The fraction of sp³-hybridized carbons (Fsp3) is 0.154. The maximum atomic E-state index is 11.9. The van der Waals surface area contributed by atoms with E-state index >= 15 is 0 Å². The van der Waals surface area contributed by atoms with Crippen molar-refractivity contribution in [3.63, 3.8) is 0 Å². The monoisotopic (exact) mass is 307 g/mol. The van der Waals surface area contributed by atoms with E-state index < -0.39 is 0 Å². The van der Waals surface area contributed by atoms with Crippen LogP contribution in [-0.2, 0) is 11.3 Å². The maximum Gasteiger partial charge on any atom is 0.307 e. The second-order valence-corrected chi connectivity index (χ2v) is 5.48. The molecule has 0 atom stereocenters. The molecule has 3 N–H and O–H groups in total. The van der Waals surface area contributed by atoms with Crippen molar-refractivity contribution in [2.75, 3.05) is 5.32 Å². The molecular formula is C13H13N3O2S2. The Morgan fingerprint density at radius 3 is 2.55 bits per heavy atom. The quantitative estimate of drug-likeness (QED) is 0.839. The Balaban J connectivity index is 2.05. The van der Waals surface area contributed by atoms with Crippen LogP contribution in [0.25, 0.3) is 0 Å². The van der Waals surface area contributed by atoms with Gasteiger partial charge in [-0.25, -0.2) is 0 Å². The number of hydrogen-bond donors (Lipinski definition) is 2. The third-order valence-electron chi connectivity index (χ3n) is 2.73. The predicted octanol–water partition coefficient (Wildman–Crippen LogP) is 1.49. The summed E-state index contributed by atoms with van der Waals surface area (Å²) in [5.41, 5.74) is 7.65. The summed E-state index contributed by atoms with van der Waals surface area (Å²) in [7, 11) is 0. The normalized spacial score (nSPS) is 10.2. The highest BCUT2D eigenvalue weighted by atomic mass is 32.1. The van der Waals surface area contributed by atoms with E-state index in [0.717, 1.165) is 22.6 Å². The molecule has 0 aliphatic rings. The highest BCUT2D eigenvalue weighted by Gasteiger charge is 2.08. The van der Waals surface area contributed by atoms with Gasteiger partial charge in [0.2, 0.25) is 5.91 Å². The van der Waals surface area contributed by atoms with Gasteiger partial charge in [0.25, 0.3) is 0 Å². The van der Waals surface area contributed by atoms with Crippen LogP contribution in [0.5, 0.6) is 0 Å². The largest absolute Gasteiger partial charge is 0.389 e. The number of nitrogens with zero attached hydrogens (tertiary/aromatic N) is 1. The van der Waals surface area contributed by atoms with Crippen LogP contribution in [0.15, 0.2) is 34.4 Å². The molecule has 0 saturated heterocycles. The van der Waals surface area contributed by atoms with Crippen LogP contribution in [0.2, 0.25) is 0 Å². The van der Waals surface area contributed by atoms with Crippen LogP contribution in [0.1, 0.15) is 11.3 Å². The molecule has 2 rings (SSSR count). The second-order valence-electron chi connectivity index (χ2n) is 4.22. The first-order valence-electron chi connectivity index (χ1n) is 5.82. The third-order valence-corrected chi connectivity index (χ3v) is 3.85. The van der Waals surface area contributed by atoms with E-state index in [1.165, 1.54) is 4.57 Å². The zero-order valence-corrected chi connectivity index (χ0v) is 12.4. The Hall–Kier alpha value is -1.99. The van der Waals surface area contributed by atoms with Gasteiger partial charge < -0.3 is 11.1 Å². The Morgan fingerprint density at radius 1 is 1.40 bits per heavy atom. The van der Waals surface area contributed by atoms with Crippen molar-refractivity contribution < 1.29 is 4.79 Å². The smallest absolute Gasteiger partial charge is 0.307 e. The molecule has 0 aliphatic heterocycles. The number of anilines is 1. The van der Waals surface area contributed by atoms with Crippen molar-refractivity contribution in [2.45, 2.75) is 13.5 Å². The lowest BCUT2D eigenvalue weighted by molar-refractivity contribution is -0.116. The SMILES string of the molecule is Cc1csc(=O)n1CC(=O)Nc1ccc(C(N)=S)cc1. The molecule has 0 radical (unpaired) electrons. The molecule has 1 aromatic carbocycles. The molecule has 0 unspecified atom stereocenters. The van der Waals surface area contributed by atoms with E-state index in [1.54, 1.807) is 36.6 Å². The first-order chi connectivity index (χ1) is 9.47. The number of carbonyl (C=O) groups is 1. The Labute approximate surface area is 125 Å². The first kappa shape index (κ1) is 14.4. The summed E-state index contributed by atoms with van der Waals surface area (Å²) in [5.74, 6) is -0.253. The lowest BCUT2D eigenvalue weighted by Gasteiger charge is -2.07. The van der Waals surface area contributed by atoms with Crippen LogP contribution >= 0.6 is 23.6 Å². The standard InChI is InChI=1S/C13H13N3O2S2/c1-8-7-20-13(18)16(8)6-11(17)15-10-4-2-9(3-5-10)12(14)19/h2-5,7H,6H2,1H3,(H2,14,19)(H,15,17). The lowest BCUT2D eigenvalue weighted by Crippen LogP contribution is -2.25. The number of amides is 1. The first-order valence-corrected chi connectivity index (χ1v) is 7.11. The van der Waals surface area contributed by atoms with Crippen molar-refractivity contribution in [1.29, 1.82) is 0 Å². The van der Waals surface area contributed by atoms with Crippen LogP contribution in [0, 0.1) is 6.92 Å². The Bertz CT molecular complexity index is 701. The number of carbonyl (C=O) groups excluding carboxylic acids is 1. The number of nitrogens with one attached hydrogen (secondary N) is 1. The summed E-state index contributed by atoms with van der Waals surface area (Å²) in [6.07, 6.45) is 0. The van der Waals surface area contributed by atoms with Gasteiger partial charge in [-0.3, -0.25) is 14.2 Å². The zero-order chi connectivity index (χ0) is 14.7. The van der Waals surface area contributed by atoms with Gasteiger partial charge in [-0.1, -0.05) is 23.6 Å². The average Bonchev–Trinajstić information content (AvgIpc) is 2.71. The van der Waals surface area contributed by atoms with Crippen molar-refractivity contribution in [2.24, 2.45) is 5.73 Å². The van der Waals surface area contributed by atoms with E-state index in [9.17, 15) is 9.59 Å². The van der Waals surface area contributed by atoms with E-state index in [4.69, 9.17) is 18.0 Å². The molecule has 2 aromatic rings. The minimum absolute atomic E-state index is 0.00518. The molecule has 1 heterocycles. The molecule has 1 amide bonds. The lowest BCUT2D eigenvalue weighted by atomic mass is 10.2. The molecule has 1 aromatic heterocycles. The average molecular weight is 307 g/mol. The second kappa shape index (κ2) is 5.98. The number of aryl methyl sites for hydroxylation is 1. The number of aromatic nitrogens is 1. The van der Waals surface area contributed by atoms with Gasteiger partial charge in [0.15, 0.2) is 0 Å². The summed E-state index contributed by atoms with van der Waals surface area (Å²) < 4.78 is 1.43.